The fourth-order valence-electron chi connectivity index (χ4n) is 2.78. The van der Waals surface area contributed by atoms with E-state index in [0.29, 0.717) is 17.1 Å². The second-order valence-electron chi connectivity index (χ2n) is 6.26. The second-order valence-corrected chi connectivity index (χ2v) is 6.87. The van der Waals surface area contributed by atoms with Crippen LogP contribution in [0.25, 0.3) is 0 Å². The molecule has 2 aromatic carbocycles. The number of rotatable bonds is 6. The Morgan fingerprint density at radius 3 is 2.53 bits per heavy atom. The summed E-state index contributed by atoms with van der Waals surface area (Å²) in [6.45, 7) is 0.155. The monoisotopic (exact) mass is 434 g/mol. The molecule has 11 nitrogen and oxygen atoms in total. The number of hydrogen-bond donors (Lipinski definition) is 4. The highest BCUT2D eigenvalue weighted by Gasteiger charge is 2.25. The topological polar surface area (TPSA) is 145 Å². The van der Waals surface area contributed by atoms with Gasteiger partial charge in [0, 0.05) is 31.4 Å². The molecule has 4 amide bonds. The van der Waals surface area contributed by atoms with Crippen LogP contribution >= 0.6 is 0 Å². The van der Waals surface area contributed by atoms with Crippen LogP contribution in [-0.2, 0) is 20.1 Å². The van der Waals surface area contributed by atoms with Crippen LogP contribution < -0.4 is 20.6 Å². The number of nitrogens with one attached hydrogen (secondary N) is 2. The molecule has 1 fully saturated rings. The molecule has 12 heteroatoms. The molecule has 30 heavy (non-hydrogen) atoms. The number of thiol groups is 1. The van der Waals surface area contributed by atoms with Crippen molar-refractivity contribution >= 4 is 45.9 Å². The van der Waals surface area contributed by atoms with Crippen molar-refractivity contribution in [2.45, 2.75) is 6.42 Å². The number of phenols is 1. The summed E-state index contributed by atoms with van der Waals surface area (Å²) in [5.41, 5.74) is 1.10. The van der Waals surface area contributed by atoms with Crippen molar-refractivity contribution < 1.29 is 32.2 Å². The van der Waals surface area contributed by atoms with Crippen LogP contribution in [0, 0.1) is 0 Å². The van der Waals surface area contributed by atoms with E-state index in [1.807, 2.05) is 0 Å². The van der Waals surface area contributed by atoms with E-state index >= 15 is 0 Å². The first-order valence-electron chi connectivity index (χ1n) is 8.66. The van der Waals surface area contributed by atoms with Crippen LogP contribution in [0.4, 0.5) is 21.9 Å². The molecule has 2 aromatic rings. The Kier molecular flexibility index (Phi) is 6.18. The summed E-state index contributed by atoms with van der Waals surface area (Å²) in [4.78, 5) is 37.2. The number of amides is 4. The van der Waals surface area contributed by atoms with Crippen molar-refractivity contribution in [3.63, 3.8) is 0 Å². The first-order chi connectivity index (χ1) is 14.2. The highest BCUT2D eigenvalue weighted by atomic mass is 32.2. The van der Waals surface area contributed by atoms with E-state index in [4.69, 9.17) is 0 Å². The van der Waals surface area contributed by atoms with Gasteiger partial charge in [0.25, 0.3) is 16.9 Å². The fourth-order valence-corrected chi connectivity index (χ4v) is 3.08. The number of imide groups is 1. The maximum Gasteiger partial charge on any atom is 0.328 e. The zero-order valence-electron chi connectivity index (χ0n) is 15.7. The summed E-state index contributed by atoms with van der Waals surface area (Å²) in [6, 6.07) is 9.59. The minimum Gasteiger partial charge on any atom is -0.507 e. The average molecular weight is 434 g/mol. The minimum atomic E-state index is -3.06. The molecule has 0 atom stereocenters. The SMILES string of the molecule is CN(O[SH](=O)=O)c1ccc(NC(=O)c2cc(N3CCC(=O)NC3=O)ccc2O)cc1. The molecule has 0 radical (unpaired) electrons. The lowest BCUT2D eigenvalue weighted by molar-refractivity contribution is -0.120. The first-order valence-corrected chi connectivity index (χ1v) is 9.76. The van der Waals surface area contributed by atoms with Gasteiger partial charge in [-0.2, -0.15) is 4.28 Å². The van der Waals surface area contributed by atoms with Gasteiger partial charge in [0.2, 0.25) is 5.91 Å². The van der Waals surface area contributed by atoms with Crippen LogP contribution in [0.2, 0.25) is 0 Å². The van der Waals surface area contributed by atoms with Crippen LogP contribution in [0.1, 0.15) is 16.8 Å². The van der Waals surface area contributed by atoms with Gasteiger partial charge in [-0.1, -0.05) is 0 Å². The number of hydroxylamine groups is 1. The third-order valence-corrected chi connectivity index (χ3v) is 4.65. The molecule has 0 aliphatic carbocycles. The van der Waals surface area contributed by atoms with E-state index in [0.717, 1.165) is 5.06 Å². The third kappa shape index (κ3) is 4.85. The van der Waals surface area contributed by atoms with Crippen LogP contribution in [-0.4, -0.2) is 45.0 Å². The van der Waals surface area contributed by atoms with E-state index in [1.165, 1.54) is 54.4 Å². The summed E-state index contributed by atoms with van der Waals surface area (Å²) in [7, 11) is -1.65. The van der Waals surface area contributed by atoms with E-state index in [2.05, 4.69) is 14.9 Å². The standard InChI is InChI=1S/C18H18N4O7S/c1-21(29-30(27)28)12-4-2-11(3-5-12)19-17(25)14-10-13(6-7-15(14)23)22-9-8-16(24)20-18(22)26/h2-7,10,23,30H,8-9H2,1H3,(H,19,25)(H,20,24,26). The Balaban J connectivity index is 1.75. The summed E-state index contributed by atoms with van der Waals surface area (Å²) in [5, 5.41) is 15.9. The van der Waals surface area contributed by atoms with Gasteiger partial charge in [0.1, 0.15) is 5.75 Å². The predicted octanol–water partition coefficient (Wildman–Crippen LogP) is 0.985. The zero-order chi connectivity index (χ0) is 21.8. The molecular formula is C18H18N4O7S. The lowest BCUT2D eigenvalue weighted by Crippen LogP contribution is -2.49. The fraction of sp³-hybridized carbons (Fsp3) is 0.167. The number of carbonyl (C=O) groups excluding carboxylic acids is 3. The molecule has 0 aromatic heterocycles. The van der Waals surface area contributed by atoms with Gasteiger partial charge in [-0.3, -0.25) is 19.8 Å². The molecule has 1 heterocycles. The number of benzene rings is 2. The molecule has 3 N–H and O–H groups in total. The minimum absolute atomic E-state index is 0.0647. The summed E-state index contributed by atoms with van der Waals surface area (Å²) < 4.78 is 25.8. The number of urea groups is 1. The zero-order valence-corrected chi connectivity index (χ0v) is 16.6. The molecule has 0 saturated carbocycles. The summed E-state index contributed by atoms with van der Waals surface area (Å²) >= 11 is 0. The quantitative estimate of drug-likeness (QED) is 0.389. The third-order valence-electron chi connectivity index (χ3n) is 4.27. The van der Waals surface area contributed by atoms with Crippen molar-refractivity contribution in [1.29, 1.82) is 0 Å². The Hall–Kier alpha value is -3.64. The van der Waals surface area contributed by atoms with Crippen molar-refractivity contribution in [3.8, 4) is 5.75 Å². The van der Waals surface area contributed by atoms with Gasteiger partial charge < -0.3 is 10.4 Å². The molecule has 0 unspecified atom stereocenters. The molecule has 0 spiro atoms. The maximum absolute atomic E-state index is 12.6. The van der Waals surface area contributed by atoms with Crippen LogP contribution in [0.15, 0.2) is 42.5 Å². The average Bonchev–Trinajstić information content (AvgIpc) is 2.68. The van der Waals surface area contributed by atoms with E-state index in [1.54, 1.807) is 0 Å². The van der Waals surface area contributed by atoms with Gasteiger partial charge in [-0.25, -0.2) is 18.3 Å². The molecular weight excluding hydrogens is 416 g/mol. The van der Waals surface area contributed by atoms with Crippen molar-refractivity contribution in [2.75, 3.05) is 28.9 Å². The normalized spacial score (nSPS) is 13.9. The number of aromatic hydroxyl groups is 1. The lowest BCUT2D eigenvalue weighted by Gasteiger charge is -2.27. The van der Waals surface area contributed by atoms with Gasteiger partial charge in [0.15, 0.2) is 0 Å². The molecule has 158 valence electrons. The van der Waals surface area contributed by atoms with Crippen LogP contribution in [0.5, 0.6) is 5.75 Å². The lowest BCUT2D eigenvalue weighted by atomic mass is 10.1. The summed E-state index contributed by atoms with van der Waals surface area (Å²) in [5.74, 6) is -1.29. The largest absolute Gasteiger partial charge is 0.507 e. The summed E-state index contributed by atoms with van der Waals surface area (Å²) in [6.07, 6.45) is 0.124. The maximum atomic E-state index is 12.6. The van der Waals surface area contributed by atoms with Gasteiger partial charge >= 0.3 is 6.03 Å². The highest BCUT2D eigenvalue weighted by Crippen LogP contribution is 2.26. The molecule has 1 aliphatic rings. The Bertz CT molecular complexity index is 1060. The number of nitrogens with zero attached hydrogens (tertiary/aromatic N) is 2. The smallest absolute Gasteiger partial charge is 0.328 e. The first kappa shape index (κ1) is 21.1. The Morgan fingerprint density at radius 2 is 1.90 bits per heavy atom. The second kappa shape index (κ2) is 8.80. The van der Waals surface area contributed by atoms with E-state index < -0.39 is 22.9 Å². The van der Waals surface area contributed by atoms with E-state index in [-0.39, 0.29) is 30.2 Å². The Morgan fingerprint density at radius 1 is 1.20 bits per heavy atom. The number of carbonyl (C=O) groups is 3. The van der Waals surface area contributed by atoms with Crippen molar-refractivity contribution in [2.24, 2.45) is 0 Å². The Labute approximate surface area is 173 Å². The van der Waals surface area contributed by atoms with E-state index in [9.17, 15) is 27.9 Å². The number of anilines is 3. The van der Waals surface area contributed by atoms with Gasteiger partial charge in [-0.05, 0) is 42.5 Å². The van der Waals surface area contributed by atoms with Crippen molar-refractivity contribution in [3.05, 3.63) is 48.0 Å². The number of hydrogen-bond acceptors (Lipinski definition) is 8. The molecule has 1 saturated heterocycles. The van der Waals surface area contributed by atoms with Gasteiger partial charge in [-0.15, -0.1) is 0 Å². The van der Waals surface area contributed by atoms with Crippen LogP contribution in [0.3, 0.4) is 0 Å². The van der Waals surface area contributed by atoms with Crippen molar-refractivity contribution in [1.82, 2.24) is 5.32 Å². The molecule has 3 rings (SSSR count). The highest BCUT2D eigenvalue weighted by molar-refractivity contribution is 7.67. The predicted molar refractivity (Wildman–Crippen MR) is 108 cm³/mol. The number of phenolic OH excluding ortho intramolecular Hbond substituents is 1. The molecule has 1 aliphatic heterocycles. The van der Waals surface area contributed by atoms with Gasteiger partial charge in [0.05, 0.1) is 11.3 Å². The molecule has 0 bridgehead atoms.